The molecule has 4 aromatic rings. The van der Waals surface area contributed by atoms with Crippen molar-refractivity contribution >= 4 is 34.9 Å². The first-order valence-electron chi connectivity index (χ1n) is 14.6. The molecule has 42 heavy (non-hydrogen) atoms. The number of nitrogens with one attached hydrogen (secondary N) is 1. The topological polar surface area (TPSA) is 66.5 Å². The molecule has 5 nitrogen and oxygen atoms in total. The third kappa shape index (κ3) is 3.80. The summed E-state index contributed by atoms with van der Waals surface area (Å²) in [6, 6.07) is 30.9. The Hall–Kier alpha value is -4.77. The van der Waals surface area contributed by atoms with E-state index in [0.29, 0.717) is 22.7 Å². The Balaban J connectivity index is 1.48. The van der Waals surface area contributed by atoms with Crippen molar-refractivity contribution in [2.45, 2.75) is 37.8 Å². The number of anilines is 2. The lowest BCUT2D eigenvalue weighted by molar-refractivity contribution is -0.121. The van der Waals surface area contributed by atoms with Crippen LogP contribution in [0.15, 0.2) is 109 Å². The third-order valence-corrected chi connectivity index (χ3v) is 9.03. The molecule has 208 valence electrons. The van der Waals surface area contributed by atoms with Crippen LogP contribution in [-0.2, 0) is 16.6 Å². The van der Waals surface area contributed by atoms with E-state index in [9.17, 15) is 14.4 Å². The predicted octanol–water partition coefficient (Wildman–Crippen LogP) is 6.74. The lowest BCUT2D eigenvalue weighted by Gasteiger charge is -2.37. The van der Waals surface area contributed by atoms with E-state index in [-0.39, 0.29) is 17.5 Å². The number of amides is 1. The molecule has 0 saturated carbocycles. The molecule has 0 unspecified atom stereocenters. The van der Waals surface area contributed by atoms with Gasteiger partial charge in [0.1, 0.15) is 11.5 Å². The fraction of sp³-hybridized carbons (Fsp3) is 0.216. The predicted molar refractivity (Wildman–Crippen MR) is 166 cm³/mol. The van der Waals surface area contributed by atoms with Gasteiger partial charge in [0.2, 0.25) is 5.91 Å². The highest BCUT2D eigenvalue weighted by atomic mass is 16.2. The molecule has 4 atom stereocenters. The van der Waals surface area contributed by atoms with Gasteiger partial charge in [0, 0.05) is 22.5 Å². The molecule has 1 N–H and O–H groups in total. The quantitative estimate of drug-likeness (QED) is 0.269. The van der Waals surface area contributed by atoms with Gasteiger partial charge >= 0.3 is 0 Å². The molecule has 1 amide bonds. The zero-order valence-electron chi connectivity index (χ0n) is 23.7. The maximum absolute atomic E-state index is 14.9. The molecule has 1 spiro atoms. The van der Waals surface area contributed by atoms with Gasteiger partial charge in [-0.05, 0) is 41.2 Å². The Bertz CT molecular complexity index is 1740. The summed E-state index contributed by atoms with van der Waals surface area (Å²) >= 11 is 0. The van der Waals surface area contributed by atoms with Crippen LogP contribution in [0, 0.1) is 11.8 Å². The second-order valence-electron chi connectivity index (χ2n) is 12.0. The molecule has 3 heterocycles. The van der Waals surface area contributed by atoms with Gasteiger partial charge in [-0.1, -0.05) is 117 Å². The van der Waals surface area contributed by atoms with Crippen LogP contribution in [0.5, 0.6) is 0 Å². The van der Waals surface area contributed by atoms with Crippen molar-refractivity contribution in [3.05, 3.63) is 137 Å². The fourth-order valence-corrected chi connectivity index (χ4v) is 7.35. The van der Waals surface area contributed by atoms with Gasteiger partial charge in [-0.3, -0.25) is 14.4 Å². The standard InChI is InChI=1S/C37H32N2O3/c1-23(2)22-24-16-18-27(19-17-24)34(40)32-33(35(41)26-11-4-3-5-12-26)39-30-15-9-6-10-25(30)20-21-31(39)37(32)28-13-7-8-14-29(28)38-36(37)42/h3-21,23,31-33H,22H2,1-2H3,(H,38,42)/t31-,32-,33+,37+/m0/s1. The minimum atomic E-state index is -1.30. The molecule has 0 aromatic heterocycles. The van der Waals surface area contributed by atoms with E-state index in [1.54, 1.807) is 12.1 Å². The van der Waals surface area contributed by atoms with Gasteiger partial charge < -0.3 is 10.2 Å². The monoisotopic (exact) mass is 552 g/mol. The zero-order chi connectivity index (χ0) is 29.0. The lowest BCUT2D eigenvalue weighted by atomic mass is 9.64. The van der Waals surface area contributed by atoms with Gasteiger partial charge in [0.15, 0.2) is 11.6 Å². The number of carbonyl (C=O) groups is 3. The Kier molecular flexibility index (Phi) is 6.19. The number of nitrogens with zero attached hydrogens (tertiary/aromatic N) is 1. The van der Waals surface area contributed by atoms with Crippen molar-refractivity contribution in [3.8, 4) is 0 Å². The summed E-state index contributed by atoms with van der Waals surface area (Å²) in [5.74, 6) is -1.10. The van der Waals surface area contributed by atoms with Gasteiger partial charge in [0.05, 0.1) is 12.0 Å². The number of rotatable bonds is 6. The van der Waals surface area contributed by atoms with Crippen molar-refractivity contribution in [2.24, 2.45) is 11.8 Å². The van der Waals surface area contributed by atoms with E-state index < -0.39 is 23.4 Å². The molecule has 5 heteroatoms. The van der Waals surface area contributed by atoms with Crippen LogP contribution in [0.1, 0.15) is 51.3 Å². The summed E-state index contributed by atoms with van der Waals surface area (Å²) in [6.45, 7) is 4.33. The average Bonchev–Trinajstić information content (AvgIpc) is 3.49. The number of benzene rings is 4. The Morgan fingerprint density at radius 2 is 1.48 bits per heavy atom. The molecule has 1 fully saturated rings. The summed E-state index contributed by atoms with van der Waals surface area (Å²) in [6.07, 6.45) is 4.93. The van der Waals surface area contributed by atoms with E-state index in [1.165, 1.54) is 0 Å². The number of para-hydroxylation sites is 2. The lowest BCUT2D eigenvalue weighted by Crippen LogP contribution is -2.51. The van der Waals surface area contributed by atoms with Crippen LogP contribution < -0.4 is 10.2 Å². The van der Waals surface area contributed by atoms with E-state index in [2.05, 4.69) is 19.2 Å². The first kappa shape index (κ1) is 26.1. The second-order valence-corrected chi connectivity index (χ2v) is 12.0. The number of hydrogen-bond donors (Lipinski definition) is 1. The first-order chi connectivity index (χ1) is 20.4. The number of Topliss-reactive ketones (excluding diaryl/α,β-unsaturated/α-hetero) is 2. The van der Waals surface area contributed by atoms with Gasteiger partial charge in [-0.2, -0.15) is 0 Å². The molecule has 0 bridgehead atoms. The van der Waals surface area contributed by atoms with Crippen molar-refractivity contribution in [3.63, 3.8) is 0 Å². The summed E-state index contributed by atoms with van der Waals surface area (Å²) in [5, 5.41) is 3.09. The number of carbonyl (C=O) groups excluding carboxylic acids is 3. The summed E-state index contributed by atoms with van der Waals surface area (Å²) in [5.41, 5.74) is 4.11. The minimum absolute atomic E-state index is 0.172. The summed E-state index contributed by atoms with van der Waals surface area (Å²) in [7, 11) is 0. The molecule has 3 aliphatic rings. The summed E-state index contributed by atoms with van der Waals surface area (Å²) in [4.78, 5) is 46.0. The normalized spacial score (nSPS) is 23.5. The van der Waals surface area contributed by atoms with Crippen LogP contribution >= 0.6 is 0 Å². The van der Waals surface area contributed by atoms with E-state index in [4.69, 9.17) is 0 Å². The van der Waals surface area contributed by atoms with Gasteiger partial charge in [0.25, 0.3) is 0 Å². The van der Waals surface area contributed by atoms with Crippen molar-refractivity contribution < 1.29 is 14.4 Å². The van der Waals surface area contributed by atoms with Crippen LogP contribution in [0.4, 0.5) is 11.4 Å². The van der Waals surface area contributed by atoms with Crippen LogP contribution in [0.3, 0.4) is 0 Å². The largest absolute Gasteiger partial charge is 0.352 e. The highest BCUT2D eigenvalue weighted by Crippen LogP contribution is 2.58. The van der Waals surface area contributed by atoms with Crippen molar-refractivity contribution in [1.29, 1.82) is 0 Å². The second kappa shape index (κ2) is 9.95. The van der Waals surface area contributed by atoms with Crippen LogP contribution in [0.25, 0.3) is 6.08 Å². The number of hydrogen-bond acceptors (Lipinski definition) is 4. The van der Waals surface area contributed by atoms with E-state index in [1.807, 2.05) is 108 Å². The number of ketones is 2. The van der Waals surface area contributed by atoms with Crippen molar-refractivity contribution in [1.82, 2.24) is 0 Å². The maximum Gasteiger partial charge on any atom is 0.238 e. The smallest absolute Gasteiger partial charge is 0.238 e. The molecule has 4 aromatic carbocycles. The molecular formula is C37H32N2O3. The summed E-state index contributed by atoms with van der Waals surface area (Å²) < 4.78 is 0. The molecular weight excluding hydrogens is 520 g/mol. The number of fused-ring (bicyclic) bond motifs is 6. The Morgan fingerprint density at radius 3 is 2.24 bits per heavy atom. The highest BCUT2D eigenvalue weighted by molar-refractivity contribution is 6.18. The molecule has 0 aliphatic carbocycles. The first-order valence-corrected chi connectivity index (χ1v) is 14.6. The molecule has 7 rings (SSSR count). The van der Waals surface area contributed by atoms with Gasteiger partial charge in [-0.15, -0.1) is 0 Å². The molecule has 3 aliphatic heterocycles. The minimum Gasteiger partial charge on any atom is -0.352 e. The zero-order valence-corrected chi connectivity index (χ0v) is 23.7. The van der Waals surface area contributed by atoms with Crippen LogP contribution in [-0.4, -0.2) is 29.6 Å². The molecule has 0 radical (unpaired) electrons. The van der Waals surface area contributed by atoms with E-state index in [0.717, 1.165) is 28.8 Å². The van der Waals surface area contributed by atoms with Gasteiger partial charge in [-0.25, -0.2) is 0 Å². The third-order valence-electron chi connectivity index (χ3n) is 9.03. The fourth-order valence-electron chi connectivity index (χ4n) is 7.35. The van der Waals surface area contributed by atoms with Crippen LogP contribution in [0.2, 0.25) is 0 Å². The SMILES string of the molecule is CC(C)Cc1ccc(C(=O)[C@@H]2[C@H](C(=O)c3ccccc3)N3c4ccccc4C=C[C@H]3[C@@]23C(=O)Nc2ccccc23)cc1. The maximum atomic E-state index is 14.9. The molecule has 1 saturated heterocycles. The van der Waals surface area contributed by atoms with E-state index >= 15 is 0 Å². The van der Waals surface area contributed by atoms with Crippen molar-refractivity contribution in [2.75, 3.05) is 10.2 Å². The highest BCUT2D eigenvalue weighted by Gasteiger charge is 2.70. The average molecular weight is 553 g/mol. The Morgan fingerprint density at radius 1 is 0.810 bits per heavy atom. The Labute approximate surface area is 245 Å².